The standard InChI is InChI=1S/C23H24Cl2N4O4/c1-15(31)26-21-20(22(32)28(2)10-5-11-30)29(14-16-6-3-7-17(24)12-16)23(27-21)33-19-9-4-8-18(25)13-19/h3-4,6-9,12-13,30H,5,10-11,14H2,1-2H3,(H,26,31). The molecule has 0 saturated heterocycles. The fraction of sp³-hybridized carbons (Fsp3) is 0.261. The van der Waals surface area contributed by atoms with E-state index in [1.54, 1.807) is 54.1 Å². The molecule has 0 atom stereocenters. The Morgan fingerprint density at radius 2 is 1.85 bits per heavy atom. The highest BCUT2D eigenvalue weighted by molar-refractivity contribution is 6.31. The summed E-state index contributed by atoms with van der Waals surface area (Å²) in [5, 5.41) is 12.8. The van der Waals surface area contributed by atoms with E-state index >= 15 is 0 Å². The summed E-state index contributed by atoms with van der Waals surface area (Å²) in [6, 6.07) is 14.0. The second-order valence-corrected chi connectivity index (χ2v) is 8.23. The lowest BCUT2D eigenvalue weighted by molar-refractivity contribution is -0.114. The molecule has 0 radical (unpaired) electrons. The number of rotatable bonds is 9. The zero-order chi connectivity index (χ0) is 24.0. The summed E-state index contributed by atoms with van der Waals surface area (Å²) in [6.45, 7) is 1.80. The van der Waals surface area contributed by atoms with Gasteiger partial charge >= 0.3 is 6.01 Å². The number of halogens is 2. The van der Waals surface area contributed by atoms with Gasteiger partial charge in [0.15, 0.2) is 11.5 Å². The highest BCUT2D eigenvalue weighted by atomic mass is 35.5. The van der Waals surface area contributed by atoms with E-state index in [4.69, 9.17) is 33.0 Å². The molecule has 0 aliphatic rings. The molecule has 0 spiro atoms. The molecule has 0 unspecified atom stereocenters. The van der Waals surface area contributed by atoms with Gasteiger partial charge in [0.2, 0.25) is 5.91 Å². The number of benzene rings is 2. The van der Waals surface area contributed by atoms with Crippen LogP contribution in [-0.4, -0.2) is 51.6 Å². The average Bonchev–Trinajstić information content (AvgIpc) is 3.07. The van der Waals surface area contributed by atoms with Crippen molar-refractivity contribution < 1.29 is 19.4 Å². The second-order valence-electron chi connectivity index (χ2n) is 7.35. The van der Waals surface area contributed by atoms with E-state index < -0.39 is 0 Å². The van der Waals surface area contributed by atoms with Gasteiger partial charge < -0.3 is 20.1 Å². The van der Waals surface area contributed by atoms with Crippen LogP contribution in [0.3, 0.4) is 0 Å². The SMILES string of the molecule is CC(=O)Nc1nc(Oc2cccc(Cl)c2)n(Cc2cccc(Cl)c2)c1C(=O)N(C)CCCO. The minimum atomic E-state index is -0.386. The predicted molar refractivity (Wildman–Crippen MR) is 127 cm³/mol. The van der Waals surface area contributed by atoms with E-state index in [2.05, 4.69) is 10.3 Å². The predicted octanol–water partition coefficient (Wildman–Crippen LogP) is 4.44. The average molecular weight is 491 g/mol. The van der Waals surface area contributed by atoms with Gasteiger partial charge in [-0.05, 0) is 42.3 Å². The lowest BCUT2D eigenvalue weighted by Crippen LogP contribution is -2.31. The molecule has 33 heavy (non-hydrogen) atoms. The molecule has 0 bridgehead atoms. The molecule has 1 aromatic heterocycles. The smallest absolute Gasteiger partial charge is 0.304 e. The molecule has 3 aromatic rings. The summed E-state index contributed by atoms with van der Waals surface area (Å²) >= 11 is 12.2. The maximum absolute atomic E-state index is 13.4. The van der Waals surface area contributed by atoms with Crippen molar-refractivity contribution in [3.63, 3.8) is 0 Å². The Hall–Kier alpha value is -3.07. The van der Waals surface area contributed by atoms with Crippen LogP contribution >= 0.6 is 23.2 Å². The van der Waals surface area contributed by atoms with E-state index in [0.717, 1.165) is 5.56 Å². The number of hydrogen-bond donors (Lipinski definition) is 2. The van der Waals surface area contributed by atoms with Crippen LogP contribution in [0.4, 0.5) is 5.82 Å². The van der Waals surface area contributed by atoms with Crippen molar-refractivity contribution in [2.24, 2.45) is 0 Å². The van der Waals surface area contributed by atoms with E-state index in [9.17, 15) is 9.59 Å². The largest absolute Gasteiger partial charge is 0.425 e. The van der Waals surface area contributed by atoms with Gasteiger partial charge in [0, 0.05) is 37.2 Å². The Morgan fingerprint density at radius 1 is 1.15 bits per heavy atom. The number of aromatic nitrogens is 2. The first kappa shape index (κ1) is 24.6. The summed E-state index contributed by atoms with van der Waals surface area (Å²) < 4.78 is 7.56. The maximum atomic E-state index is 13.4. The molecular formula is C23H24Cl2N4O4. The van der Waals surface area contributed by atoms with Gasteiger partial charge in [0.1, 0.15) is 5.75 Å². The third-order valence-corrected chi connectivity index (χ3v) is 5.13. The molecule has 0 aliphatic heterocycles. The molecule has 8 nitrogen and oxygen atoms in total. The Kier molecular flexibility index (Phi) is 8.32. The van der Waals surface area contributed by atoms with Gasteiger partial charge in [-0.3, -0.25) is 14.2 Å². The lowest BCUT2D eigenvalue weighted by Gasteiger charge is -2.19. The summed E-state index contributed by atoms with van der Waals surface area (Å²) in [7, 11) is 1.61. The van der Waals surface area contributed by atoms with Crippen LogP contribution in [0.15, 0.2) is 48.5 Å². The molecule has 0 aliphatic carbocycles. The Balaban J connectivity index is 2.12. The molecule has 10 heteroatoms. The van der Waals surface area contributed by atoms with Crippen molar-refractivity contribution in [1.82, 2.24) is 14.5 Å². The van der Waals surface area contributed by atoms with Gasteiger partial charge in [-0.15, -0.1) is 0 Å². The molecule has 0 fully saturated rings. The number of hydrogen-bond acceptors (Lipinski definition) is 5. The normalized spacial score (nSPS) is 10.7. The molecule has 2 N–H and O–H groups in total. The Bertz CT molecular complexity index is 1150. The number of carbonyl (C=O) groups excluding carboxylic acids is 2. The van der Waals surface area contributed by atoms with Crippen molar-refractivity contribution >= 4 is 40.8 Å². The number of nitrogens with zero attached hydrogens (tertiary/aromatic N) is 3. The Labute approximate surface area is 201 Å². The monoisotopic (exact) mass is 490 g/mol. The van der Waals surface area contributed by atoms with Crippen LogP contribution in [0.5, 0.6) is 11.8 Å². The zero-order valence-electron chi connectivity index (χ0n) is 18.2. The number of anilines is 1. The maximum Gasteiger partial charge on any atom is 0.304 e. The third-order valence-electron chi connectivity index (χ3n) is 4.66. The van der Waals surface area contributed by atoms with Gasteiger partial charge in [0.25, 0.3) is 5.91 Å². The highest BCUT2D eigenvalue weighted by Gasteiger charge is 2.27. The van der Waals surface area contributed by atoms with Crippen molar-refractivity contribution in [2.75, 3.05) is 25.5 Å². The zero-order valence-corrected chi connectivity index (χ0v) is 19.7. The molecule has 0 saturated carbocycles. The van der Waals surface area contributed by atoms with E-state index in [1.807, 2.05) is 6.07 Å². The molecule has 1 heterocycles. The van der Waals surface area contributed by atoms with Crippen LogP contribution in [0.2, 0.25) is 10.0 Å². The minimum absolute atomic E-state index is 0.0545. The number of amides is 2. The molecule has 3 rings (SSSR count). The quantitative estimate of drug-likeness (QED) is 0.461. The number of carbonyl (C=O) groups is 2. The number of aliphatic hydroxyl groups excluding tert-OH is 1. The second kappa shape index (κ2) is 11.2. The molecule has 174 valence electrons. The molecule has 2 amide bonds. The van der Waals surface area contributed by atoms with E-state index in [0.29, 0.717) is 28.8 Å². The van der Waals surface area contributed by atoms with Gasteiger partial charge in [-0.25, -0.2) is 0 Å². The fourth-order valence-corrected chi connectivity index (χ4v) is 3.56. The van der Waals surface area contributed by atoms with Crippen LogP contribution in [-0.2, 0) is 11.3 Å². The first-order valence-electron chi connectivity index (χ1n) is 10.2. The van der Waals surface area contributed by atoms with Crippen molar-refractivity contribution in [3.8, 4) is 11.8 Å². The van der Waals surface area contributed by atoms with Crippen LogP contribution in [0.25, 0.3) is 0 Å². The first-order valence-corrected chi connectivity index (χ1v) is 11.0. The summed E-state index contributed by atoms with van der Waals surface area (Å²) in [5.74, 6) is -0.282. The van der Waals surface area contributed by atoms with Gasteiger partial charge in [-0.2, -0.15) is 4.98 Å². The van der Waals surface area contributed by atoms with Crippen LogP contribution in [0.1, 0.15) is 29.4 Å². The minimum Gasteiger partial charge on any atom is -0.425 e. The van der Waals surface area contributed by atoms with E-state index in [-0.39, 0.29) is 42.5 Å². The van der Waals surface area contributed by atoms with Crippen molar-refractivity contribution in [1.29, 1.82) is 0 Å². The number of imidazole rings is 1. The topological polar surface area (TPSA) is 96.7 Å². The van der Waals surface area contributed by atoms with Crippen LogP contribution < -0.4 is 10.1 Å². The fourth-order valence-electron chi connectivity index (χ4n) is 3.17. The third kappa shape index (κ3) is 6.47. The van der Waals surface area contributed by atoms with Gasteiger partial charge in [-0.1, -0.05) is 41.4 Å². The van der Waals surface area contributed by atoms with Crippen molar-refractivity contribution in [3.05, 3.63) is 69.8 Å². The lowest BCUT2D eigenvalue weighted by atomic mass is 10.2. The molecule has 2 aromatic carbocycles. The number of ether oxygens (including phenoxy) is 1. The van der Waals surface area contributed by atoms with E-state index in [1.165, 1.54) is 11.8 Å². The Morgan fingerprint density at radius 3 is 2.48 bits per heavy atom. The summed E-state index contributed by atoms with van der Waals surface area (Å²) in [5.41, 5.74) is 0.944. The van der Waals surface area contributed by atoms with Crippen molar-refractivity contribution in [2.45, 2.75) is 19.9 Å². The number of aliphatic hydroxyl groups is 1. The summed E-state index contributed by atoms with van der Waals surface area (Å²) in [6.07, 6.45) is 0.409. The van der Waals surface area contributed by atoms with Gasteiger partial charge in [0.05, 0.1) is 6.54 Å². The number of nitrogens with one attached hydrogen (secondary N) is 1. The summed E-state index contributed by atoms with van der Waals surface area (Å²) in [4.78, 5) is 31.1. The van der Waals surface area contributed by atoms with Crippen LogP contribution in [0, 0.1) is 0 Å². The highest BCUT2D eigenvalue weighted by Crippen LogP contribution is 2.30. The first-order chi connectivity index (χ1) is 15.8. The molecular weight excluding hydrogens is 467 g/mol.